The van der Waals surface area contributed by atoms with Gasteiger partial charge in [-0.1, -0.05) is 24.3 Å². The van der Waals surface area contributed by atoms with Crippen molar-refractivity contribution in [1.82, 2.24) is 14.1 Å². The van der Waals surface area contributed by atoms with Crippen molar-refractivity contribution >= 4 is 44.3 Å². The number of morpholine rings is 1. The highest BCUT2D eigenvalue weighted by atomic mass is 32.2. The highest BCUT2D eigenvalue weighted by Gasteiger charge is 2.34. The minimum Gasteiger partial charge on any atom is -0.450 e. The molecule has 0 bridgehead atoms. The van der Waals surface area contributed by atoms with Gasteiger partial charge in [-0.05, 0) is 60.7 Å². The zero-order valence-electron chi connectivity index (χ0n) is 24.4. The van der Waals surface area contributed by atoms with Gasteiger partial charge in [-0.25, -0.2) is 13.2 Å². The smallest absolute Gasteiger partial charge is 0.410 e. The van der Waals surface area contributed by atoms with Crippen LogP contribution in [-0.4, -0.2) is 86.4 Å². The van der Waals surface area contributed by atoms with E-state index in [-0.39, 0.29) is 29.5 Å². The zero-order valence-corrected chi connectivity index (χ0v) is 26.0. The van der Waals surface area contributed by atoms with E-state index in [4.69, 9.17) is 9.47 Å². The molecule has 0 atom stereocenters. The van der Waals surface area contributed by atoms with Crippen molar-refractivity contribution in [3.8, 4) is 0 Å². The van der Waals surface area contributed by atoms with Crippen LogP contribution in [0.5, 0.6) is 0 Å². The Labute approximate surface area is 260 Å². The van der Waals surface area contributed by atoms with Gasteiger partial charge in [-0.3, -0.25) is 9.59 Å². The molecule has 13 heteroatoms. The average Bonchev–Trinajstić information content (AvgIpc) is 3.41. The van der Waals surface area contributed by atoms with Crippen molar-refractivity contribution in [2.24, 2.45) is 0 Å². The fourth-order valence-electron chi connectivity index (χ4n) is 5.79. The van der Waals surface area contributed by atoms with Crippen LogP contribution in [0, 0.1) is 0 Å². The number of hydrogen-bond acceptors (Lipinski definition) is 8. The van der Waals surface area contributed by atoms with Gasteiger partial charge in [-0.15, -0.1) is 11.3 Å². The minimum absolute atomic E-state index is 0.113. The zero-order chi connectivity index (χ0) is 30.8. The van der Waals surface area contributed by atoms with Crippen LogP contribution in [0.4, 0.5) is 9.80 Å². The molecule has 3 aliphatic heterocycles. The maximum atomic E-state index is 13.7. The van der Waals surface area contributed by atoms with E-state index in [9.17, 15) is 22.8 Å². The molecule has 0 unspecified atom stereocenters. The number of ether oxygens (including phenoxy) is 2. The Hall–Kier alpha value is -3.78. The van der Waals surface area contributed by atoms with E-state index in [0.717, 1.165) is 21.6 Å². The molecule has 44 heavy (non-hydrogen) atoms. The van der Waals surface area contributed by atoms with Crippen molar-refractivity contribution in [2.45, 2.75) is 37.8 Å². The minimum atomic E-state index is -3.75. The molecular formula is C31H34N4O7S2. The van der Waals surface area contributed by atoms with Crippen LogP contribution in [0.1, 0.15) is 49.2 Å². The molecular weight excluding hydrogens is 604 g/mol. The SMILES string of the molecule is CCOC(=O)N1CCc2c(sc(NC(=O)c3ccc(S(=O)(=O)N4CCc5ccccc5C4)cc3)c2C(=O)N2CCOCC2)C1. The van der Waals surface area contributed by atoms with Crippen molar-refractivity contribution in [3.05, 3.63) is 81.2 Å². The van der Waals surface area contributed by atoms with Crippen molar-refractivity contribution in [1.29, 1.82) is 0 Å². The first-order chi connectivity index (χ1) is 21.3. The number of rotatable bonds is 6. The molecule has 3 aromatic rings. The first-order valence-corrected chi connectivity index (χ1v) is 16.9. The third-order valence-corrected chi connectivity index (χ3v) is 11.2. The van der Waals surface area contributed by atoms with Crippen molar-refractivity contribution in [3.63, 3.8) is 0 Å². The molecule has 3 amide bonds. The maximum Gasteiger partial charge on any atom is 0.410 e. The van der Waals surface area contributed by atoms with Crippen LogP contribution in [0.15, 0.2) is 53.4 Å². The number of fused-ring (bicyclic) bond motifs is 2. The van der Waals surface area contributed by atoms with Crippen LogP contribution in [0.3, 0.4) is 0 Å². The quantitative estimate of drug-likeness (QED) is 0.436. The second-order valence-electron chi connectivity index (χ2n) is 10.8. The number of carbonyl (C=O) groups is 3. The van der Waals surface area contributed by atoms with Crippen LogP contribution in [-0.2, 0) is 45.4 Å². The molecule has 0 aliphatic carbocycles. The Bertz CT molecular complexity index is 1680. The van der Waals surface area contributed by atoms with Crippen LogP contribution in [0.25, 0.3) is 0 Å². The van der Waals surface area contributed by atoms with E-state index in [0.29, 0.717) is 69.3 Å². The molecule has 1 fully saturated rings. The molecule has 232 valence electrons. The molecule has 1 saturated heterocycles. The molecule has 1 N–H and O–H groups in total. The Kier molecular flexibility index (Phi) is 8.72. The second kappa shape index (κ2) is 12.7. The summed E-state index contributed by atoms with van der Waals surface area (Å²) in [6.45, 7) is 5.17. The van der Waals surface area contributed by atoms with Gasteiger partial charge < -0.3 is 24.6 Å². The number of nitrogens with one attached hydrogen (secondary N) is 1. The van der Waals surface area contributed by atoms with E-state index >= 15 is 0 Å². The summed E-state index contributed by atoms with van der Waals surface area (Å²) in [7, 11) is -3.75. The molecule has 0 saturated carbocycles. The summed E-state index contributed by atoms with van der Waals surface area (Å²) in [5.41, 5.74) is 3.67. The third-order valence-electron chi connectivity index (χ3n) is 8.17. The highest BCUT2D eigenvalue weighted by Crippen LogP contribution is 2.38. The van der Waals surface area contributed by atoms with Gasteiger partial charge in [0, 0.05) is 43.2 Å². The lowest BCUT2D eigenvalue weighted by Crippen LogP contribution is -2.41. The number of benzene rings is 2. The summed E-state index contributed by atoms with van der Waals surface area (Å²) in [4.78, 5) is 43.8. The predicted molar refractivity (Wildman–Crippen MR) is 164 cm³/mol. The average molecular weight is 639 g/mol. The molecule has 11 nitrogen and oxygen atoms in total. The Balaban J connectivity index is 1.22. The summed E-state index contributed by atoms with van der Waals surface area (Å²) in [5, 5.41) is 3.32. The topological polar surface area (TPSA) is 126 Å². The summed E-state index contributed by atoms with van der Waals surface area (Å²) < 4.78 is 38.9. The van der Waals surface area contributed by atoms with E-state index in [1.165, 1.54) is 39.9 Å². The number of carbonyl (C=O) groups excluding carboxylic acids is 3. The molecule has 1 aromatic heterocycles. The first-order valence-electron chi connectivity index (χ1n) is 14.7. The van der Waals surface area contributed by atoms with Gasteiger partial charge in [0.1, 0.15) is 5.00 Å². The van der Waals surface area contributed by atoms with Crippen LogP contribution < -0.4 is 5.32 Å². The predicted octanol–water partition coefficient (Wildman–Crippen LogP) is 3.73. The number of amides is 3. The summed E-state index contributed by atoms with van der Waals surface area (Å²) >= 11 is 1.27. The van der Waals surface area contributed by atoms with E-state index in [1.807, 2.05) is 24.3 Å². The lowest BCUT2D eigenvalue weighted by atomic mass is 10.0. The third kappa shape index (κ3) is 5.96. The van der Waals surface area contributed by atoms with Crippen molar-refractivity contribution in [2.75, 3.05) is 51.3 Å². The lowest BCUT2D eigenvalue weighted by molar-refractivity contribution is 0.0303. The van der Waals surface area contributed by atoms with Gasteiger partial charge in [-0.2, -0.15) is 4.31 Å². The number of hydrogen-bond donors (Lipinski definition) is 1. The van der Waals surface area contributed by atoms with Crippen LogP contribution in [0.2, 0.25) is 0 Å². The second-order valence-corrected chi connectivity index (χ2v) is 13.9. The molecule has 3 aliphatic rings. The summed E-state index contributed by atoms with van der Waals surface area (Å²) in [5.74, 6) is -0.645. The van der Waals surface area contributed by atoms with Gasteiger partial charge in [0.15, 0.2) is 0 Å². The Morgan fingerprint density at radius 3 is 2.36 bits per heavy atom. The number of nitrogens with zero attached hydrogens (tertiary/aromatic N) is 3. The summed E-state index contributed by atoms with van der Waals surface area (Å²) in [6, 6.07) is 13.7. The number of sulfonamides is 1. The molecule has 0 radical (unpaired) electrons. The van der Waals surface area contributed by atoms with E-state index in [1.54, 1.807) is 16.7 Å². The highest BCUT2D eigenvalue weighted by molar-refractivity contribution is 7.89. The molecule has 2 aromatic carbocycles. The maximum absolute atomic E-state index is 13.7. The lowest BCUT2D eigenvalue weighted by Gasteiger charge is -2.29. The standard InChI is InChI=1S/C31H34N4O7S2/c1-2-42-31(38)34-13-12-25-26(20-34)43-29(27(25)30(37)33-15-17-41-18-16-33)32-28(36)22-7-9-24(10-8-22)44(39,40)35-14-11-21-5-3-4-6-23(21)19-35/h3-10H,2,11-20H2,1H3,(H,32,36). The van der Waals surface area contributed by atoms with E-state index in [2.05, 4.69) is 5.32 Å². The monoisotopic (exact) mass is 638 g/mol. The van der Waals surface area contributed by atoms with Gasteiger partial charge in [0.25, 0.3) is 11.8 Å². The number of anilines is 1. The molecule has 6 rings (SSSR count). The Morgan fingerprint density at radius 1 is 0.909 bits per heavy atom. The summed E-state index contributed by atoms with van der Waals surface area (Å²) in [6.07, 6.45) is 0.686. The van der Waals surface area contributed by atoms with Crippen molar-refractivity contribution < 1.29 is 32.3 Å². The fourth-order valence-corrected chi connectivity index (χ4v) is 8.46. The fraction of sp³-hybridized carbons (Fsp3) is 0.387. The van der Waals surface area contributed by atoms with Gasteiger partial charge in [0.2, 0.25) is 10.0 Å². The molecule has 4 heterocycles. The van der Waals surface area contributed by atoms with E-state index < -0.39 is 22.0 Å². The normalized spacial score (nSPS) is 17.0. The van der Waals surface area contributed by atoms with Gasteiger partial charge in [0.05, 0.1) is 36.8 Å². The van der Waals surface area contributed by atoms with Gasteiger partial charge >= 0.3 is 6.09 Å². The first kappa shape index (κ1) is 30.3. The largest absolute Gasteiger partial charge is 0.450 e. The number of thiophene rings is 1. The molecule has 0 spiro atoms. The Morgan fingerprint density at radius 2 is 1.64 bits per heavy atom. The van der Waals surface area contributed by atoms with Crippen LogP contribution >= 0.6 is 11.3 Å².